The molecule has 0 radical (unpaired) electrons. The standard InChI is InChI=1S/C108H83BN4O2/c1-106(2,3)71-60-83(66-32-13-10-14-33-66)102(84(61-71)67-34-15-11-16-35-67)112-95-64-73(110-91-46-25-19-38-75(91)76-39-20-26-47-92(76)110)52-54-89(95)109-90-55-53-74(111-93-48-27-21-40-77(93)78-41-22-28-49-94(78)111)65-96(90)113(98-59-70(58-97(112)101(98)109)69-56-87-80-43-24-30-51-100(80)115-105(87)88(57-69)108(7,8)9)103-85(68-36-17-12-18-37-68)62-72(107(4,5)6)63-86(103)82-45-31-44-81-79-42-23-29-50-99(79)114-104(81)82/h10-65H,1-9H3/i19D,20D,21D,22D,25D,26D,27D,28D,38D,39D,40D,41D,46D,47D,48D,49D. The second kappa shape index (κ2) is 25.4. The first-order chi connectivity index (χ1) is 62.6. The van der Waals surface area contributed by atoms with Gasteiger partial charge in [-0.2, -0.15) is 0 Å². The quantitative estimate of drug-likeness (QED) is 0.135. The van der Waals surface area contributed by atoms with Crippen molar-refractivity contribution in [1.29, 1.82) is 0 Å². The molecule has 0 N–H and O–H groups in total. The van der Waals surface area contributed by atoms with E-state index >= 15 is 0 Å². The highest BCUT2D eigenvalue weighted by Crippen LogP contribution is 2.57. The molecule has 0 saturated carbocycles. The molecule has 16 aromatic carbocycles. The average Bonchev–Trinajstić information content (AvgIpc) is 1.58. The number of rotatable bonds is 9. The van der Waals surface area contributed by atoms with Gasteiger partial charge in [-0.05, 0) is 181 Å². The summed E-state index contributed by atoms with van der Waals surface area (Å²) in [5.41, 5.74) is 18.5. The van der Waals surface area contributed by atoms with Crippen molar-refractivity contribution in [1.82, 2.24) is 9.13 Å². The highest BCUT2D eigenvalue weighted by molar-refractivity contribution is 7.00. The molecule has 20 aromatic rings. The summed E-state index contributed by atoms with van der Waals surface area (Å²) in [4.78, 5) is 4.68. The van der Waals surface area contributed by atoms with Crippen LogP contribution in [0.1, 0.15) is 101 Å². The van der Waals surface area contributed by atoms with E-state index in [9.17, 15) is 21.9 Å². The van der Waals surface area contributed by atoms with Gasteiger partial charge in [0.2, 0.25) is 0 Å². The van der Waals surface area contributed by atoms with Crippen molar-refractivity contribution >= 4 is 145 Å². The molecule has 2 aliphatic rings. The van der Waals surface area contributed by atoms with Crippen LogP contribution in [-0.2, 0) is 16.2 Å². The molecule has 0 atom stereocenters. The number of para-hydroxylation sites is 7. The highest BCUT2D eigenvalue weighted by atomic mass is 16.3. The van der Waals surface area contributed by atoms with Gasteiger partial charge in [-0.1, -0.05) is 293 Å². The van der Waals surface area contributed by atoms with Crippen LogP contribution in [0.5, 0.6) is 0 Å². The summed E-state index contributed by atoms with van der Waals surface area (Å²) in [6, 6.07) is 74.6. The largest absolute Gasteiger partial charge is 0.456 e. The van der Waals surface area contributed by atoms with Crippen molar-refractivity contribution in [2.24, 2.45) is 0 Å². The van der Waals surface area contributed by atoms with Crippen molar-refractivity contribution in [3.63, 3.8) is 0 Å². The summed E-state index contributed by atoms with van der Waals surface area (Å²) < 4.78 is 172. The van der Waals surface area contributed by atoms with E-state index in [0.717, 1.165) is 111 Å². The van der Waals surface area contributed by atoms with Crippen LogP contribution >= 0.6 is 0 Å². The van der Waals surface area contributed by atoms with Crippen LogP contribution in [0.15, 0.2) is 348 Å². The van der Waals surface area contributed by atoms with Crippen LogP contribution < -0.4 is 26.2 Å². The first-order valence-corrected chi connectivity index (χ1v) is 39.1. The van der Waals surface area contributed by atoms with Gasteiger partial charge in [0.15, 0.2) is 0 Å². The van der Waals surface area contributed by atoms with Crippen LogP contribution in [0.25, 0.3) is 154 Å². The number of aromatic nitrogens is 2. The lowest BCUT2D eigenvalue weighted by molar-refractivity contribution is 0.573. The molecular formula is C108H83BN4O2. The minimum Gasteiger partial charge on any atom is -0.456 e. The maximum atomic E-state index is 10.1. The summed E-state index contributed by atoms with van der Waals surface area (Å²) in [5, 5.41) is 3.18. The molecule has 0 spiro atoms. The highest BCUT2D eigenvalue weighted by Gasteiger charge is 2.47. The Kier molecular flexibility index (Phi) is 11.8. The van der Waals surface area contributed by atoms with Crippen LogP contribution in [0, 0.1) is 0 Å². The second-order valence-electron chi connectivity index (χ2n) is 33.6. The molecule has 0 fully saturated rings. The molecule has 6 heterocycles. The fourth-order valence-electron chi connectivity index (χ4n) is 18.1. The lowest BCUT2D eigenvalue weighted by Crippen LogP contribution is -2.61. The van der Waals surface area contributed by atoms with Gasteiger partial charge in [-0.25, -0.2) is 0 Å². The number of hydrogen-bond donors (Lipinski definition) is 0. The van der Waals surface area contributed by atoms with Gasteiger partial charge in [-0.15, -0.1) is 0 Å². The molecule has 22 rings (SSSR count). The third-order valence-electron chi connectivity index (χ3n) is 23.6. The van der Waals surface area contributed by atoms with Crippen molar-refractivity contribution in [2.45, 2.75) is 78.6 Å². The predicted octanol–water partition coefficient (Wildman–Crippen LogP) is 28.0. The zero-order valence-corrected chi connectivity index (χ0v) is 64.8. The van der Waals surface area contributed by atoms with Gasteiger partial charge in [0.25, 0.3) is 6.71 Å². The molecule has 0 aliphatic carbocycles. The third kappa shape index (κ3) is 10.6. The molecule has 115 heavy (non-hydrogen) atoms. The van der Waals surface area contributed by atoms with Crippen molar-refractivity contribution in [2.75, 3.05) is 9.80 Å². The Balaban J connectivity index is 0.995. The summed E-state index contributed by atoms with van der Waals surface area (Å²) in [6.07, 6.45) is 0. The molecular weight excluding hydrogens is 1400 g/mol. The molecule has 7 heteroatoms. The van der Waals surface area contributed by atoms with Crippen molar-refractivity contribution < 1.29 is 30.8 Å². The zero-order chi connectivity index (χ0) is 91.4. The molecule has 4 aromatic heterocycles. The smallest absolute Gasteiger partial charge is 0.252 e. The van der Waals surface area contributed by atoms with Gasteiger partial charge >= 0.3 is 0 Å². The van der Waals surface area contributed by atoms with Crippen molar-refractivity contribution in [3.05, 3.63) is 356 Å². The monoisotopic (exact) mass is 1490 g/mol. The Morgan fingerprint density at radius 1 is 0.287 bits per heavy atom. The Labute approximate surface area is 692 Å². The first kappa shape index (κ1) is 53.3. The summed E-state index contributed by atoms with van der Waals surface area (Å²) in [7, 11) is 0. The van der Waals surface area contributed by atoms with E-state index in [2.05, 4.69) is 187 Å². The molecule has 6 nitrogen and oxygen atoms in total. The van der Waals surface area contributed by atoms with Gasteiger partial charge in [0.1, 0.15) is 22.3 Å². The second-order valence-corrected chi connectivity index (χ2v) is 33.6. The fourth-order valence-corrected chi connectivity index (χ4v) is 18.1. The van der Waals surface area contributed by atoms with Crippen LogP contribution in [0.4, 0.5) is 34.1 Å². The molecule has 0 unspecified atom stereocenters. The first-order valence-electron chi connectivity index (χ1n) is 47.1. The topological polar surface area (TPSA) is 42.6 Å². The summed E-state index contributed by atoms with van der Waals surface area (Å²) >= 11 is 0. The van der Waals surface area contributed by atoms with E-state index in [1.54, 1.807) is 9.13 Å². The maximum absolute atomic E-state index is 10.1. The van der Waals surface area contributed by atoms with E-state index < -0.39 is 120 Å². The Morgan fingerprint density at radius 3 is 1.11 bits per heavy atom. The SMILES string of the molecule is [2H]c1c([2H])c([2H])c2c(c1[2H])c1c([2H])c([2H])c([2H])c([2H])c1n2-c1ccc2c(c1)N(c1c(-c3ccccc3)cc(C(C)(C)C)cc1-c1ccccc1)c1cc(-c3cc(C(C)(C)C)c4oc5ccccc5c4c3)cc3c1B2c1ccc(-n2c4c([2H])c([2H])c([2H])c([2H])c4c4c([2H])c([2H])c([2H])c([2H])c42)cc1N3c1c(-c2ccccc2)cc(C(C)(C)C)cc1-c1cccc2c1oc1ccccc12. The maximum Gasteiger partial charge on any atom is 0.252 e. The Morgan fingerprint density at radius 2 is 0.670 bits per heavy atom. The molecule has 550 valence electrons. The normalized spacial score (nSPS) is 15.0. The van der Waals surface area contributed by atoms with E-state index in [4.69, 9.17) is 8.83 Å². The minimum absolute atomic E-state index is 0.0709. The zero-order valence-electron chi connectivity index (χ0n) is 80.8. The summed E-state index contributed by atoms with van der Waals surface area (Å²) in [5.74, 6) is 0. The number of hydrogen-bond acceptors (Lipinski definition) is 4. The van der Waals surface area contributed by atoms with Gasteiger partial charge < -0.3 is 27.8 Å². The van der Waals surface area contributed by atoms with E-state index in [0.29, 0.717) is 56.1 Å². The number of nitrogens with zero attached hydrogens (tertiary/aromatic N) is 4. The number of anilines is 6. The Hall–Kier alpha value is -13.6. The average molecular weight is 1500 g/mol. The molecule has 0 amide bonds. The number of fused-ring (bicyclic) bond motifs is 16. The van der Waals surface area contributed by atoms with Gasteiger partial charge in [0.05, 0.1) is 55.4 Å². The number of benzene rings is 16. The summed E-state index contributed by atoms with van der Waals surface area (Å²) in [6.45, 7) is 18.9. The molecule has 2 aliphatic heterocycles. The molecule has 0 bridgehead atoms. The van der Waals surface area contributed by atoms with E-state index in [1.165, 1.54) is 0 Å². The van der Waals surface area contributed by atoms with Crippen molar-refractivity contribution in [3.8, 4) is 67.0 Å². The predicted molar refractivity (Wildman–Crippen MR) is 487 cm³/mol. The lowest BCUT2D eigenvalue weighted by atomic mass is 9.33. The molecule has 0 saturated heterocycles. The fraction of sp³-hybridized carbons (Fsp3) is 0.111. The third-order valence-corrected chi connectivity index (χ3v) is 23.6. The van der Waals surface area contributed by atoms with E-state index in [-0.39, 0.29) is 55.0 Å². The van der Waals surface area contributed by atoms with E-state index in [1.807, 2.05) is 127 Å². The van der Waals surface area contributed by atoms with Gasteiger partial charge in [0, 0.05) is 111 Å². The van der Waals surface area contributed by atoms with Gasteiger partial charge in [-0.3, -0.25) is 0 Å². The van der Waals surface area contributed by atoms with Crippen LogP contribution in [0.2, 0.25) is 0 Å². The van der Waals surface area contributed by atoms with Crippen LogP contribution in [0.3, 0.4) is 0 Å². The minimum atomic E-state index is -0.869. The Bertz CT molecular complexity index is 8240. The lowest BCUT2D eigenvalue weighted by Gasteiger charge is -2.46. The van der Waals surface area contributed by atoms with Crippen LogP contribution in [-0.4, -0.2) is 15.8 Å². The number of furan rings is 2.